The topological polar surface area (TPSA) is 107 Å². The van der Waals surface area contributed by atoms with Gasteiger partial charge < -0.3 is 26.2 Å². The quantitative estimate of drug-likeness (QED) is 0.439. The van der Waals surface area contributed by atoms with Crippen molar-refractivity contribution in [2.24, 2.45) is 17.6 Å². The Kier molecular flexibility index (Phi) is 83.7. The van der Waals surface area contributed by atoms with Crippen LogP contribution in [0.5, 0.6) is 0 Å². The van der Waals surface area contributed by atoms with Crippen LogP contribution in [0.25, 0.3) is 0 Å². The Balaban J connectivity index is -0.0000000567. The first-order valence-electron chi connectivity index (χ1n) is 10.9. The highest BCUT2D eigenvalue weighted by Crippen LogP contribution is 2.23. The van der Waals surface area contributed by atoms with Gasteiger partial charge >= 0.3 is 0 Å². The molecule has 2 aliphatic rings. The third kappa shape index (κ3) is 40.2. The van der Waals surface area contributed by atoms with E-state index in [4.69, 9.17) is 20.4 Å². The number of rotatable bonds is 2. The van der Waals surface area contributed by atoms with Gasteiger partial charge in [0, 0.05) is 27.4 Å². The van der Waals surface area contributed by atoms with E-state index in [0.717, 1.165) is 14.2 Å². The summed E-state index contributed by atoms with van der Waals surface area (Å²) in [5.74, 6) is 1.28. The van der Waals surface area contributed by atoms with Crippen LogP contribution in [0.4, 0.5) is 0 Å². The minimum absolute atomic E-state index is 0.417. The van der Waals surface area contributed by atoms with Gasteiger partial charge in [0.2, 0.25) is 0 Å². The van der Waals surface area contributed by atoms with Crippen molar-refractivity contribution < 1.29 is 20.4 Å². The largest absolute Gasteiger partial charge is 0.400 e. The monoisotopic (exact) mass is 409 g/mol. The Bertz CT molecular complexity index is 172. The summed E-state index contributed by atoms with van der Waals surface area (Å²) in [7, 11) is 3.50. The Morgan fingerprint density at radius 1 is 0.571 bits per heavy atom. The number of aliphatic hydroxyl groups excluding tert-OH is 4. The molecule has 5 nitrogen and oxygen atoms in total. The predicted molar refractivity (Wildman–Crippen MR) is 126 cm³/mol. The van der Waals surface area contributed by atoms with Gasteiger partial charge in [0.15, 0.2) is 0 Å². The maximum Gasteiger partial charge on any atom is 0.0459 e. The molecule has 6 N–H and O–H groups in total. The van der Waals surface area contributed by atoms with Crippen LogP contribution in [0.2, 0.25) is 0 Å². The highest BCUT2D eigenvalue weighted by Gasteiger charge is 2.11. The lowest BCUT2D eigenvalue weighted by molar-refractivity contribution is 0.190. The zero-order valence-corrected chi connectivity index (χ0v) is 20.2. The second kappa shape index (κ2) is 56.3. The van der Waals surface area contributed by atoms with E-state index >= 15 is 0 Å². The lowest BCUT2D eigenvalue weighted by atomic mass is 9.90. The van der Waals surface area contributed by atoms with Crippen LogP contribution in [0.1, 0.15) is 91.9 Å². The minimum atomic E-state index is 0.417. The van der Waals surface area contributed by atoms with Gasteiger partial charge in [0.1, 0.15) is 0 Å². The second-order valence-corrected chi connectivity index (χ2v) is 5.37. The molecule has 0 saturated heterocycles. The predicted octanol–water partition coefficient (Wildman–Crippen LogP) is 4.21. The summed E-state index contributed by atoms with van der Waals surface area (Å²) < 4.78 is 0. The number of hydrogen-bond donors (Lipinski definition) is 5. The Labute approximate surface area is 177 Å². The number of hydrogen-bond acceptors (Lipinski definition) is 5. The van der Waals surface area contributed by atoms with Crippen LogP contribution in [0, 0.1) is 24.7 Å². The normalized spacial score (nSPS) is 14.6. The smallest absolute Gasteiger partial charge is 0.0459 e. The average Bonchev–Trinajstić information content (AvgIpc) is 2.88. The number of terminal acetylenes is 1. The Morgan fingerprint density at radius 3 is 0.857 bits per heavy atom. The van der Waals surface area contributed by atoms with Crippen LogP contribution in [0.3, 0.4) is 0 Å². The molecule has 0 unspecified atom stereocenters. The van der Waals surface area contributed by atoms with Crippen molar-refractivity contribution in [2.75, 3.05) is 34.5 Å². The molecule has 0 aromatic rings. The number of aliphatic hydroxyl groups is 4. The molecule has 0 bridgehead atoms. The zero-order valence-electron chi connectivity index (χ0n) is 20.2. The van der Waals surface area contributed by atoms with E-state index in [1.54, 1.807) is 0 Å². The van der Waals surface area contributed by atoms with Crippen LogP contribution in [-0.2, 0) is 0 Å². The molecule has 2 rings (SSSR count). The molecular formula is C23H55NO4. The van der Waals surface area contributed by atoms with Gasteiger partial charge in [-0.3, -0.25) is 0 Å². The van der Waals surface area contributed by atoms with Gasteiger partial charge in [-0.15, -0.1) is 12.8 Å². The molecule has 0 aromatic heterocycles. The highest BCUT2D eigenvalue weighted by molar-refractivity contribution is 4.64. The van der Waals surface area contributed by atoms with Crippen molar-refractivity contribution in [1.82, 2.24) is 0 Å². The molecule has 2 fully saturated rings. The van der Waals surface area contributed by atoms with E-state index in [1.807, 2.05) is 27.7 Å². The van der Waals surface area contributed by atoms with E-state index in [1.165, 1.54) is 71.3 Å². The maximum atomic E-state index is 8.69. The van der Waals surface area contributed by atoms with Gasteiger partial charge in [-0.2, -0.15) is 0 Å². The second-order valence-electron chi connectivity index (χ2n) is 5.37. The molecule has 0 radical (unpaired) electrons. The molecule has 0 spiro atoms. The van der Waals surface area contributed by atoms with Crippen molar-refractivity contribution in [3.8, 4) is 12.8 Å². The SMILES string of the molecule is C#C.CC.CC.CN.CO.CO.OCC1CCCCC1.OCC1CCCCC1. The minimum Gasteiger partial charge on any atom is -0.400 e. The van der Waals surface area contributed by atoms with Crippen molar-refractivity contribution >= 4 is 0 Å². The van der Waals surface area contributed by atoms with Gasteiger partial charge in [-0.25, -0.2) is 0 Å². The van der Waals surface area contributed by atoms with E-state index in [9.17, 15) is 0 Å². The Morgan fingerprint density at radius 2 is 0.750 bits per heavy atom. The van der Waals surface area contributed by atoms with E-state index in [0.29, 0.717) is 25.0 Å². The van der Waals surface area contributed by atoms with E-state index in [-0.39, 0.29) is 0 Å². The first kappa shape index (κ1) is 41.7. The average molecular weight is 410 g/mol. The molecule has 28 heavy (non-hydrogen) atoms. The molecule has 0 aromatic carbocycles. The zero-order chi connectivity index (χ0) is 23.6. The summed E-state index contributed by atoms with van der Waals surface area (Å²) in [4.78, 5) is 0. The van der Waals surface area contributed by atoms with Crippen molar-refractivity contribution in [3.63, 3.8) is 0 Å². The lowest BCUT2D eigenvalue weighted by Gasteiger charge is -2.18. The fourth-order valence-corrected chi connectivity index (χ4v) is 2.74. The fraction of sp³-hybridized carbons (Fsp3) is 0.913. The van der Waals surface area contributed by atoms with Crippen molar-refractivity contribution in [2.45, 2.75) is 91.9 Å². The van der Waals surface area contributed by atoms with Gasteiger partial charge in [0.05, 0.1) is 0 Å². The lowest BCUT2D eigenvalue weighted by Crippen LogP contribution is -2.09. The molecule has 0 amide bonds. The van der Waals surface area contributed by atoms with Crippen molar-refractivity contribution in [3.05, 3.63) is 0 Å². The first-order valence-corrected chi connectivity index (χ1v) is 10.9. The molecule has 176 valence electrons. The summed E-state index contributed by atoms with van der Waals surface area (Å²) in [6.45, 7) is 8.83. The summed E-state index contributed by atoms with van der Waals surface area (Å²) >= 11 is 0. The van der Waals surface area contributed by atoms with Crippen molar-refractivity contribution in [1.29, 1.82) is 0 Å². The third-order valence-electron chi connectivity index (χ3n) is 3.97. The summed E-state index contributed by atoms with van der Waals surface area (Å²) in [5, 5.41) is 31.4. The summed E-state index contributed by atoms with van der Waals surface area (Å²) in [6.07, 6.45) is 21.2. The van der Waals surface area contributed by atoms with E-state index < -0.39 is 0 Å². The first-order chi connectivity index (χ1) is 13.9. The molecule has 2 saturated carbocycles. The maximum absolute atomic E-state index is 8.69. The molecule has 0 aliphatic heterocycles. The Hall–Kier alpha value is -0.640. The van der Waals surface area contributed by atoms with Gasteiger partial charge in [0.25, 0.3) is 0 Å². The fourth-order valence-electron chi connectivity index (χ4n) is 2.74. The molecule has 5 heteroatoms. The molecule has 0 heterocycles. The summed E-state index contributed by atoms with van der Waals surface area (Å²) in [5.41, 5.74) is 4.50. The van der Waals surface area contributed by atoms with Crippen LogP contribution in [0.15, 0.2) is 0 Å². The molecule has 0 atom stereocenters. The molecule has 2 aliphatic carbocycles. The molecular weight excluding hydrogens is 354 g/mol. The van der Waals surface area contributed by atoms with Crippen LogP contribution < -0.4 is 5.73 Å². The standard InChI is InChI=1S/2C7H14O.2C2H6.C2H2.CH5N.2CH4O/c2*8-6-7-4-2-1-3-5-7;6*1-2/h2*7-8H,1-6H2;2*1-2H3;1-2H;2H2,1H3;2*2H,1H3. The van der Waals surface area contributed by atoms with Crippen LogP contribution >= 0.6 is 0 Å². The van der Waals surface area contributed by atoms with Crippen LogP contribution in [-0.4, -0.2) is 54.9 Å². The van der Waals surface area contributed by atoms with Gasteiger partial charge in [-0.05, 0) is 44.6 Å². The van der Waals surface area contributed by atoms with E-state index in [2.05, 4.69) is 18.6 Å². The third-order valence-corrected chi connectivity index (χ3v) is 3.97. The number of nitrogens with two attached hydrogens (primary N) is 1. The highest BCUT2D eigenvalue weighted by atomic mass is 16.3. The summed E-state index contributed by atoms with van der Waals surface area (Å²) in [6, 6.07) is 0. The van der Waals surface area contributed by atoms with Gasteiger partial charge in [-0.1, -0.05) is 66.2 Å².